The molecule has 0 aliphatic carbocycles. The molecule has 1 unspecified atom stereocenters. The third-order valence-electron chi connectivity index (χ3n) is 5.73. The Morgan fingerprint density at radius 3 is 1.16 bits per heavy atom. The van der Waals surface area contributed by atoms with E-state index >= 15 is 0 Å². The van der Waals surface area contributed by atoms with Crippen molar-refractivity contribution in [2.24, 2.45) is 0 Å². The van der Waals surface area contributed by atoms with Gasteiger partial charge in [0.2, 0.25) is 0 Å². The van der Waals surface area contributed by atoms with Crippen LogP contribution in [0.15, 0.2) is 54.6 Å². The maximum atomic E-state index is 14.7. The SMILES string of the molecule is CC(O)C(c1cccc(F)c1CO)(c1cccc(F)c1CO)c1cccc(F)c1CO. The normalized spacial score (nSPS) is 12.8. The molecule has 4 nitrogen and oxygen atoms in total. The molecule has 4 N–H and O–H groups in total. The Morgan fingerprint density at radius 2 is 0.935 bits per heavy atom. The lowest BCUT2D eigenvalue weighted by molar-refractivity contribution is 0.134. The van der Waals surface area contributed by atoms with E-state index in [1.54, 1.807) is 0 Å². The van der Waals surface area contributed by atoms with Crippen molar-refractivity contribution in [1.82, 2.24) is 0 Å². The Balaban J connectivity index is 2.62. The Hall–Kier alpha value is -2.71. The van der Waals surface area contributed by atoms with Gasteiger partial charge in [0.15, 0.2) is 0 Å². The zero-order chi connectivity index (χ0) is 22.8. The molecule has 3 aromatic rings. The molecule has 0 heterocycles. The van der Waals surface area contributed by atoms with Gasteiger partial charge < -0.3 is 20.4 Å². The molecule has 0 aliphatic heterocycles. The molecule has 0 aromatic heterocycles. The molecule has 0 fully saturated rings. The Labute approximate surface area is 177 Å². The summed E-state index contributed by atoms with van der Waals surface area (Å²) in [4.78, 5) is 0. The van der Waals surface area contributed by atoms with Crippen molar-refractivity contribution in [3.63, 3.8) is 0 Å². The first-order valence-electron chi connectivity index (χ1n) is 9.68. The summed E-state index contributed by atoms with van der Waals surface area (Å²) in [5.41, 5.74) is -2.17. The molecule has 0 saturated heterocycles. The van der Waals surface area contributed by atoms with Crippen molar-refractivity contribution in [1.29, 1.82) is 0 Å². The number of hydrogen-bond acceptors (Lipinski definition) is 4. The van der Waals surface area contributed by atoms with Gasteiger partial charge in [0.25, 0.3) is 0 Å². The van der Waals surface area contributed by atoms with E-state index in [4.69, 9.17) is 0 Å². The first-order valence-corrected chi connectivity index (χ1v) is 9.68. The van der Waals surface area contributed by atoms with Crippen molar-refractivity contribution in [3.8, 4) is 0 Å². The molecule has 3 aromatic carbocycles. The van der Waals surface area contributed by atoms with Gasteiger partial charge in [0, 0.05) is 16.7 Å². The molecule has 31 heavy (non-hydrogen) atoms. The molecule has 0 saturated carbocycles. The van der Waals surface area contributed by atoms with Crippen molar-refractivity contribution >= 4 is 0 Å². The van der Waals surface area contributed by atoms with E-state index < -0.39 is 48.8 Å². The summed E-state index contributed by atoms with van der Waals surface area (Å²) < 4.78 is 44.1. The van der Waals surface area contributed by atoms with Gasteiger partial charge in [-0.15, -0.1) is 0 Å². The summed E-state index contributed by atoms with van der Waals surface area (Å²) in [5.74, 6) is -2.31. The molecule has 164 valence electrons. The monoisotopic (exact) mass is 432 g/mol. The van der Waals surface area contributed by atoms with Crippen LogP contribution in [0.5, 0.6) is 0 Å². The average Bonchev–Trinajstić information content (AvgIpc) is 2.74. The van der Waals surface area contributed by atoms with Gasteiger partial charge in [0.1, 0.15) is 17.5 Å². The molecular formula is C24H23F3O4. The fourth-order valence-corrected chi connectivity index (χ4v) is 4.38. The van der Waals surface area contributed by atoms with Crippen LogP contribution in [0.25, 0.3) is 0 Å². The van der Waals surface area contributed by atoms with Crippen LogP contribution in [-0.4, -0.2) is 26.5 Å². The van der Waals surface area contributed by atoms with E-state index in [9.17, 15) is 33.6 Å². The van der Waals surface area contributed by atoms with Crippen LogP contribution >= 0.6 is 0 Å². The van der Waals surface area contributed by atoms with Crippen LogP contribution in [0.2, 0.25) is 0 Å². The number of rotatable bonds is 7. The largest absolute Gasteiger partial charge is 0.392 e. The lowest BCUT2D eigenvalue weighted by Gasteiger charge is -2.42. The zero-order valence-corrected chi connectivity index (χ0v) is 16.8. The smallest absolute Gasteiger partial charge is 0.129 e. The minimum absolute atomic E-state index is 0.0607. The second-order valence-electron chi connectivity index (χ2n) is 7.26. The quantitative estimate of drug-likeness (QED) is 0.432. The van der Waals surface area contributed by atoms with Crippen molar-refractivity contribution in [3.05, 3.63) is 105 Å². The van der Waals surface area contributed by atoms with Gasteiger partial charge in [-0.25, -0.2) is 13.2 Å². The molecular weight excluding hydrogens is 409 g/mol. The molecule has 1 atom stereocenters. The molecule has 0 aliphatic rings. The summed E-state index contributed by atoms with van der Waals surface area (Å²) in [6.45, 7) is -0.873. The van der Waals surface area contributed by atoms with Gasteiger partial charge in [-0.3, -0.25) is 0 Å². The highest BCUT2D eigenvalue weighted by Gasteiger charge is 2.46. The highest BCUT2D eigenvalue weighted by molar-refractivity contribution is 5.59. The molecule has 0 radical (unpaired) electrons. The van der Waals surface area contributed by atoms with Gasteiger partial charge in [-0.2, -0.15) is 0 Å². The predicted octanol–water partition coefficient (Wildman–Crippen LogP) is 3.30. The zero-order valence-electron chi connectivity index (χ0n) is 16.8. The fourth-order valence-electron chi connectivity index (χ4n) is 4.38. The van der Waals surface area contributed by atoms with E-state index in [1.807, 2.05) is 0 Å². The topological polar surface area (TPSA) is 80.9 Å². The third-order valence-corrected chi connectivity index (χ3v) is 5.73. The summed E-state index contributed by atoms with van der Waals surface area (Å²) >= 11 is 0. The number of hydrogen-bond donors (Lipinski definition) is 4. The molecule has 3 rings (SSSR count). The summed E-state index contributed by atoms with van der Waals surface area (Å²) in [6, 6.07) is 11.8. The predicted molar refractivity (Wildman–Crippen MR) is 109 cm³/mol. The minimum Gasteiger partial charge on any atom is -0.392 e. The van der Waals surface area contributed by atoms with Crippen LogP contribution in [0.3, 0.4) is 0 Å². The summed E-state index contributed by atoms with van der Waals surface area (Å²) in [6.07, 6.45) is -1.42. The number of aliphatic hydroxyl groups excluding tert-OH is 4. The number of halogens is 3. The lowest BCUT2D eigenvalue weighted by Crippen LogP contribution is -2.43. The minimum atomic E-state index is -1.82. The molecule has 7 heteroatoms. The molecule has 0 spiro atoms. The van der Waals surface area contributed by atoms with Crippen LogP contribution in [0.1, 0.15) is 40.3 Å². The fraction of sp³-hybridized carbons (Fsp3) is 0.250. The molecule has 0 bridgehead atoms. The Bertz CT molecular complexity index is 952. The van der Waals surface area contributed by atoms with E-state index in [1.165, 1.54) is 43.3 Å². The van der Waals surface area contributed by atoms with Crippen molar-refractivity contribution < 1.29 is 33.6 Å². The van der Waals surface area contributed by atoms with Gasteiger partial charge in [0.05, 0.1) is 31.3 Å². The van der Waals surface area contributed by atoms with E-state index in [-0.39, 0.29) is 33.4 Å². The van der Waals surface area contributed by atoms with Gasteiger partial charge in [-0.1, -0.05) is 36.4 Å². The molecule has 0 amide bonds. The Kier molecular flexibility index (Phi) is 6.81. The first-order chi connectivity index (χ1) is 14.8. The number of benzene rings is 3. The van der Waals surface area contributed by atoms with Crippen molar-refractivity contribution in [2.45, 2.75) is 38.3 Å². The van der Waals surface area contributed by atoms with Crippen LogP contribution < -0.4 is 0 Å². The first kappa shape index (κ1) is 23.0. The third kappa shape index (κ3) is 3.64. The van der Waals surface area contributed by atoms with Gasteiger partial charge >= 0.3 is 0 Å². The van der Waals surface area contributed by atoms with E-state index in [2.05, 4.69) is 0 Å². The second kappa shape index (κ2) is 9.20. The summed E-state index contributed by atoms with van der Waals surface area (Å²) in [7, 11) is 0. The van der Waals surface area contributed by atoms with Gasteiger partial charge in [-0.05, 0) is 41.8 Å². The number of aliphatic hydroxyl groups is 4. The van der Waals surface area contributed by atoms with E-state index in [0.29, 0.717) is 0 Å². The standard InChI is InChI=1S/C24H23F3O4/c1-14(31)24(18-5-2-8-21(25)15(18)11-28,19-6-3-9-22(26)16(19)12-29)20-7-4-10-23(27)17(20)13-30/h2-10,14,28-31H,11-13H2,1H3. The maximum Gasteiger partial charge on any atom is 0.129 e. The highest BCUT2D eigenvalue weighted by Crippen LogP contribution is 2.47. The van der Waals surface area contributed by atoms with Crippen LogP contribution in [0.4, 0.5) is 13.2 Å². The second-order valence-corrected chi connectivity index (χ2v) is 7.26. The summed E-state index contributed by atoms with van der Waals surface area (Å²) in [5, 5.41) is 40.9. The highest BCUT2D eigenvalue weighted by atomic mass is 19.1. The lowest BCUT2D eigenvalue weighted by atomic mass is 9.62. The Morgan fingerprint density at radius 1 is 0.645 bits per heavy atom. The maximum absolute atomic E-state index is 14.7. The van der Waals surface area contributed by atoms with Crippen molar-refractivity contribution in [2.75, 3.05) is 0 Å². The van der Waals surface area contributed by atoms with Crippen LogP contribution in [-0.2, 0) is 25.2 Å². The average molecular weight is 432 g/mol. The van der Waals surface area contributed by atoms with Crippen LogP contribution in [0, 0.1) is 17.5 Å². The van der Waals surface area contributed by atoms with E-state index in [0.717, 1.165) is 18.2 Å².